The van der Waals surface area contributed by atoms with Crippen molar-refractivity contribution in [1.29, 1.82) is 0 Å². The van der Waals surface area contributed by atoms with Gasteiger partial charge in [-0.05, 0) is 43.5 Å². The maximum atomic E-state index is 12.2. The summed E-state index contributed by atoms with van der Waals surface area (Å²) in [5, 5.41) is 5.92. The van der Waals surface area contributed by atoms with E-state index in [1.165, 1.54) is 0 Å². The van der Waals surface area contributed by atoms with Crippen LogP contribution in [0, 0.1) is 0 Å². The van der Waals surface area contributed by atoms with Crippen molar-refractivity contribution in [3.63, 3.8) is 0 Å². The Balaban J connectivity index is 1.79. The monoisotopic (exact) mass is 319 g/mol. The molecule has 0 saturated carbocycles. The molecule has 6 heteroatoms. The summed E-state index contributed by atoms with van der Waals surface area (Å²) in [6.07, 6.45) is 2.49. The van der Waals surface area contributed by atoms with Gasteiger partial charge >= 0.3 is 6.03 Å². The smallest absolute Gasteiger partial charge is 0.317 e. The quantitative estimate of drug-likeness (QED) is 0.872. The largest absolute Gasteiger partial charge is 0.497 e. The van der Waals surface area contributed by atoms with Gasteiger partial charge in [0.15, 0.2) is 0 Å². The van der Waals surface area contributed by atoms with Gasteiger partial charge in [-0.15, -0.1) is 0 Å². The lowest BCUT2D eigenvalue weighted by molar-refractivity contribution is 0.0918. The summed E-state index contributed by atoms with van der Waals surface area (Å²) in [5.41, 5.74) is 0.619. The molecule has 1 aliphatic heterocycles. The van der Waals surface area contributed by atoms with Crippen LogP contribution in [0.2, 0.25) is 0 Å². The number of benzene rings is 1. The van der Waals surface area contributed by atoms with Crippen molar-refractivity contribution >= 4 is 11.9 Å². The Labute approximate surface area is 137 Å². The van der Waals surface area contributed by atoms with Gasteiger partial charge in [-0.3, -0.25) is 4.79 Å². The number of rotatable bonds is 5. The van der Waals surface area contributed by atoms with Crippen molar-refractivity contribution in [1.82, 2.24) is 15.5 Å². The van der Waals surface area contributed by atoms with Gasteiger partial charge in [0.05, 0.1) is 7.11 Å². The molecule has 2 N–H and O–H groups in total. The summed E-state index contributed by atoms with van der Waals surface area (Å²) in [5.74, 6) is 0.648. The first-order valence-corrected chi connectivity index (χ1v) is 8.11. The molecule has 1 fully saturated rings. The second-order valence-corrected chi connectivity index (χ2v) is 5.70. The number of amides is 3. The summed E-state index contributed by atoms with van der Waals surface area (Å²) in [6, 6.07) is 7.15. The van der Waals surface area contributed by atoms with Crippen molar-refractivity contribution in [3.8, 4) is 5.75 Å². The van der Waals surface area contributed by atoms with Gasteiger partial charge < -0.3 is 20.3 Å². The van der Waals surface area contributed by atoms with E-state index in [4.69, 9.17) is 4.74 Å². The Morgan fingerprint density at radius 2 is 1.87 bits per heavy atom. The number of likely N-dealkylation sites (tertiary alicyclic amines) is 1. The van der Waals surface area contributed by atoms with Gasteiger partial charge in [0.2, 0.25) is 0 Å². The minimum absolute atomic E-state index is 0.00761. The van der Waals surface area contributed by atoms with Crippen molar-refractivity contribution < 1.29 is 14.3 Å². The molecule has 3 amide bonds. The Morgan fingerprint density at radius 1 is 1.22 bits per heavy atom. The van der Waals surface area contributed by atoms with Gasteiger partial charge in [-0.2, -0.15) is 0 Å². The fraction of sp³-hybridized carbons (Fsp3) is 0.529. The minimum Gasteiger partial charge on any atom is -0.497 e. The number of urea groups is 1. The molecule has 6 nitrogen and oxygen atoms in total. The highest BCUT2D eigenvalue weighted by atomic mass is 16.5. The van der Waals surface area contributed by atoms with E-state index in [2.05, 4.69) is 10.6 Å². The molecular formula is C17H25N3O3. The third kappa shape index (κ3) is 4.87. The lowest BCUT2D eigenvalue weighted by Gasteiger charge is -2.32. The SMILES string of the molecule is CCCNC(=O)N1CCC(NC(=O)c2ccc(OC)cc2)CC1. The molecule has 0 atom stereocenters. The van der Waals surface area contributed by atoms with Gasteiger partial charge in [0.1, 0.15) is 5.75 Å². The summed E-state index contributed by atoms with van der Waals surface area (Å²) in [4.78, 5) is 25.9. The molecule has 0 aliphatic carbocycles. The minimum atomic E-state index is -0.0819. The van der Waals surface area contributed by atoms with Crippen LogP contribution in [0.5, 0.6) is 5.75 Å². The van der Waals surface area contributed by atoms with Crippen LogP contribution in [-0.2, 0) is 0 Å². The van der Waals surface area contributed by atoms with Crippen LogP contribution < -0.4 is 15.4 Å². The van der Waals surface area contributed by atoms with Gasteiger partial charge in [0, 0.05) is 31.2 Å². The summed E-state index contributed by atoms with van der Waals surface area (Å²) in [7, 11) is 1.60. The first kappa shape index (κ1) is 17.1. The van der Waals surface area contributed by atoms with Crippen LogP contribution in [0.4, 0.5) is 4.79 Å². The molecule has 0 radical (unpaired) electrons. The Bertz CT molecular complexity index is 522. The van der Waals surface area contributed by atoms with E-state index in [-0.39, 0.29) is 18.0 Å². The van der Waals surface area contributed by atoms with Crippen LogP contribution in [0.1, 0.15) is 36.5 Å². The van der Waals surface area contributed by atoms with E-state index < -0.39 is 0 Å². The maximum Gasteiger partial charge on any atom is 0.317 e. The molecule has 126 valence electrons. The molecule has 0 spiro atoms. The van der Waals surface area contributed by atoms with Gasteiger partial charge in [-0.1, -0.05) is 6.92 Å². The van der Waals surface area contributed by atoms with E-state index in [1.807, 2.05) is 11.8 Å². The number of piperidine rings is 1. The van der Waals surface area contributed by atoms with Crippen molar-refractivity contribution in [2.45, 2.75) is 32.2 Å². The van der Waals surface area contributed by atoms with Crippen LogP contribution in [-0.4, -0.2) is 49.6 Å². The van der Waals surface area contributed by atoms with Crippen LogP contribution in [0.25, 0.3) is 0 Å². The average molecular weight is 319 g/mol. The summed E-state index contributed by atoms with van der Waals surface area (Å²) >= 11 is 0. The van der Waals surface area contributed by atoms with E-state index in [0.717, 1.165) is 25.0 Å². The Kier molecular flexibility index (Phi) is 6.26. The highest BCUT2D eigenvalue weighted by molar-refractivity contribution is 5.94. The number of hydrogen-bond donors (Lipinski definition) is 2. The third-order valence-corrected chi connectivity index (χ3v) is 4.00. The lowest BCUT2D eigenvalue weighted by Crippen LogP contribution is -2.49. The maximum absolute atomic E-state index is 12.2. The van der Waals surface area contributed by atoms with Crippen LogP contribution >= 0.6 is 0 Å². The zero-order chi connectivity index (χ0) is 16.7. The molecule has 0 unspecified atom stereocenters. The molecule has 0 aromatic heterocycles. The van der Waals surface area contributed by atoms with Crippen LogP contribution in [0.15, 0.2) is 24.3 Å². The predicted molar refractivity (Wildman–Crippen MR) is 88.7 cm³/mol. The number of nitrogens with one attached hydrogen (secondary N) is 2. The molecule has 23 heavy (non-hydrogen) atoms. The number of ether oxygens (including phenoxy) is 1. The lowest BCUT2D eigenvalue weighted by atomic mass is 10.0. The Hall–Kier alpha value is -2.24. The molecule has 1 aromatic carbocycles. The second kappa shape index (κ2) is 8.41. The van der Waals surface area contributed by atoms with E-state index in [1.54, 1.807) is 31.4 Å². The first-order valence-electron chi connectivity index (χ1n) is 8.11. The summed E-state index contributed by atoms with van der Waals surface area (Å²) < 4.78 is 5.09. The highest BCUT2D eigenvalue weighted by Gasteiger charge is 2.23. The van der Waals surface area contributed by atoms with E-state index in [0.29, 0.717) is 25.2 Å². The zero-order valence-corrected chi connectivity index (χ0v) is 13.8. The number of hydrogen-bond acceptors (Lipinski definition) is 3. The standard InChI is InChI=1S/C17H25N3O3/c1-3-10-18-17(22)20-11-8-14(9-12-20)19-16(21)13-4-6-15(23-2)7-5-13/h4-7,14H,3,8-12H2,1-2H3,(H,18,22)(H,19,21). The van der Waals surface area contributed by atoms with Crippen LogP contribution in [0.3, 0.4) is 0 Å². The van der Waals surface area contributed by atoms with E-state index in [9.17, 15) is 9.59 Å². The number of methoxy groups -OCH3 is 1. The molecule has 1 saturated heterocycles. The third-order valence-electron chi connectivity index (χ3n) is 4.00. The van der Waals surface area contributed by atoms with Gasteiger partial charge in [0.25, 0.3) is 5.91 Å². The molecule has 0 bridgehead atoms. The van der Waals surface area contributed by atoms with Crippen molar-refractivity contribution in [2.24, 2.45) is 0 Å². The highest BCUT2D eigenvalue weighted by Crippen LogP contribution is 2.14. The van der Waals surface area contributed by atoms with Crippen molar-refractivity contribution in [3.05, 3.63) is 29.8 Å². The fourth-order valence-electron chi connectivity index (χ4n) is 2.58. The zero-order valence-electron chi connectivity index (χ0n) is 13.8. The molecule has 1 aliphatic rings. The Morgan fingerprint density at radius 3 is 2.43 bits per heavy atom. The number of carbonyl (C=O) groups is 2. The fourth-order valence-corrected chi connectivity index (χ4v) is 2.58. The average Bonchev–Trinajstić information content (AvgIpc) is 2.60. The van der Waals surface area contributed by atoms with Crippen molar-refractivity contribution in [2.75, 3.05) is 26.7 Å². The second-order valence-electron chi connectivity index (χ2n) is 5.70. The normalized spacial score (nSPS) is 15.1. The predicted octanol–water partition coefficient (Wildman–Crippen LogP) is 2.01. The molecule has 1 heterocycles. The first-order chi connectivity index (χ1) is 11.1. The number of carbonyl (C=O) groups excluding carboxylic acids is 2. The molecular weight excluding hydrogens is 294 g/mol. The molecule has 1 aromatic rings. The summed E-state index contributed by atoms with van der Waals surface area (Å²) in [6.45, 7) is 4.07. The van der Waals surface area contributed by atoms with Gasteiger partial charge in [-0.25, -0.2) is 4.79 Å². The number of nitrogens with zero attached hydrogens (tertiary/aromatic N) is 1. The van der Waals surface area contributed by atoms with E-state index >= 15 is 0 Å². The topological polar surface area (TPSA) is 70.7 Å². The molecule has 2 rings (SSSR count).